The molecule has 2 N–H and O–H groups in total. The summed E-state index contributed by atoms with van der Waals surface area (Å²) < 4.78 is 42.8. The molecule has 0 amide bonds. The lowest BCUT2D eigenvalue weighted by Gasteiger charge is -2.15. The third kappa shape index (κ3) is 4.13. The molecule has 0 saturated carbocycles. The first-order valence-electron chi connectivity index (χ1n) is 5.34. The van der Waals surface area contributed by atoms with Crippen LogP contribution in [0.15, 0.2) is 12.1 Å². The molecule has 0 bridgehead atoms. The van der Waals surface area contributed by atoms with Crippen molar-refractivity contribution in [3.8, 4) is 5.88 Å². The number of rotatable bonds is 4. The van der Waals surface area contributed by atoms with Crippen LogP contribution in [0.2, 0.25) is 0 Å². The molecule has 6 heteroatoms. The molecule has 0 fully saturated rings. The van der Waals surface area contributed by atoms with Gasteiger partial charge in [-0.3, -0.25) is 0 Å². The molecule has 96 valence electrons. The maximum atomic E-state index is 12.5. The first-order chi connectivity index (χ1) is 7.82. The Hall–Kier alpha value is -1.46. The van der Waals surface area contributed by atoms with E-state index < -0.39 is 11.7 Å². The van der Waals surface area contributed by atoms with Gasteiger partial charge in [0.1, 0.15) is 5.82 Å². The van der Waals surface area contributed by atoms with Crippen LogP contribution < -0.4 is 10.5 Å². The van der Waals surface area contributed by atoms with Gasteiger partial charge >= 0.3 is 6.18 Å². The summed E-state index contributed by atoms with van der Waals surface area (Å²) in [7, 11) is 0. The predicted octanol–water partition coefficient (Wildman–Crippen LogP) is 3.25. The Kier molecular flexibility index (Phi) is 4.20. The van der Waals surface area contributed by atoms with Crippen LogP contribution in [0.25, 0.3) is 0 Å². The molecule has 0 saturated heterocycles. The number of anilines is 1. The summed E-state index contributed by atoms with van der Waals surface area (Å²) in [6, 6.07) is 1.65. The largest absolute Gasteiger partial charge is 0.475 e. The molecule has 0 radical (unpaired) electrons. The molecule has 0 aromatic carbocycles. The van der Waals surface area contributed by atoms with Gasteiger partial charge < -0.3 is 10.5 Å². The molecule has 1 aromatic rings. The van der Waals surface area contributed by atoms with Crippen molar-refractivity contribution in [3.05, 3.63) is 17.7 Å². The average molecular weight is 248 g/mol. The van der Waals surface area contributed by atoms with Gasteiger partial charge in [0.15, 0.2) is 0 Å². The number of halogens is 3. The summed E-state index contributed by atoms with van der Waals surface area (Å²) in [6.07, 6.45) is -2.99. The normalized spacial score (nSPS) is 13.5. The van der Waals surface area contributed by atoms with Crippen molar-refractivity contribution in [1.82, 2.24) is 4.98 Å². The highest BCUT2D eigenvalue weighted by Gasteiger charge is 2.31. The lowest BCUT2D eigenvalue weighted by molar-refractivity contribution is -0.137. The van der Waals surface area contributed by atoms with Crippen molar-refractivity contribution in [2.24, 2.45) is 0 Å². The van der Waals surface area contributed by atoms with E-state index in [-0.39, 0.29) is 17.8 Å². The average Bonchev–Trinajstić information content (AvgIpc) is 2.15. The molecule has 1 unspecified atom stereocenters. The van der Waals surface area contributed by atoms with Crippen molar-refractivity contribution in [2.45, 2.75) is 39.0 Å². The van der Waals surface area contributed by atoms with Gasteiger partial charge in [0.05, 0.1) is 11.7 Å². The monoisotopic (exact) mass is 248 g/mol. The van der Waals surface area contributed by atoms with Gasteiger partial charge in [-0.1, -0.05) is 13.3 Å². The zero-order valence-corrected chi connectivity index (χ0v) is 9.71. The van der Waals surface area contributed by atoms with Crippen LogP contribution in [-0.4, -0.2) is 11.1 Å². The van der Waals surface area contributed by atoms with E-state index in [1.807, 2.05) is 6.92 Å². The Morgan fingerprint density at radius 1 is 1.41 bits per heavy atom. The van der Waals surface area contributed by atoms with Crippen molar-refractivity contribution in [2.75, 3.05) is 5.73 Å². The number of alkyl halides is 3. The van der Waals surface area contributed by atoms with Crippen LogP contribution in [0.5, 0.6) is 5.88 Å². The number of hydrogen-bond donors (Lipinski definition) is 1. The molecule has 1 atom stereocenters. The molecule has 1 rings (SSSR count). The highest BCUT2D eigenvalue weighted by molar-refractivity contribution is 5.38. The van der Waals surface area contributed by atoms with Crippen molar-refractivity contribution < 1.29 is 17.9 Å². The van der Waals surface area contributed by atoms with E-state index in [1.54, 1.807) is 6.92 Å². The molecule has 3 nitrogen and oxygen atoms in total. The van der Waals surface area contributed by atoms with Crippen molar-refractivity contribution >= 4 is 5.82 Å². The quantitative estimate of drug-likeness (QED) is 0.889. The molecule has 1 aromatic heterocycles. The maximum absolute atomic E-state index is 12.5. The zero-order valence-electron chi connectivity index (χ0n) is 9.71. The fourth-order valence-electron chi connectivity index (χ4n) is 1.42. The van der Waals surface area contributed by atoms with Crippen LogP contribution >= 0.6 is 0 Å². The predicted molar refractivity (Wildman–Crippen MR) is 58.6 cm³/mol. The number of hydrogen-bond acceptors (Lipinski definition) is 3. The molecule has 0 aliphatic heterocycles. The van der Waals surface area contributed by atoms with Gasteiger partial charge in [-0.05, 0) is 19.4 Å². The Balaban J connectivity index is 2.90. The first kappa shape index (κ1) is 13.6. The van der Waals surface area contributed by atoms with Gasteiger partial charge in [-0.25, -0.2) is 0 Å². The van der Waals surface area contributed by atoms with E-state index in [4.69, 9.17) is 10.5 Å². The van der Waals surface area contributed by atoms with Gasteiger partial charge in [0, 0.05) is 6.07 Å². The Labute approximate surface area is 97.8 Å². The molecular formula is C11H15F3N2O. The fourth-order valence-corrected chi connectivity index (χ4v) is 1.42. The number of ether oxygens (including phenoxy) is 1. The lowest BCUT2D eigenvalue weighted by atomic mass is 10.2. The highest BCUT2D eigenvalue weighted by atomic mass is 19.4. The first-order valence-corrected chi connectivity index (χ1v) is 5.34. The Morgan fingerprint density at radius 3 is 2.59 bits per heavy atom. The third-order valence-electron chi connectivity index (χ3n) is 2.17. The summed E-state index contributed by atoms with van der Waals surface area (Å²) >= 11 is 0. The van der Waals surface area contributed by atoms with Crippen molar-refractivity contribution in [3.63, 3.8) is 0 Å². The van der Waals surface area contributed by atoms with E-state index in [9.17, 15) is 13.2 Å². The van der Waals surface area contributed by atoms with Gasteiger partial charge in [0.2, 0.25) is 5.88 Å². The van der Waals surface area contributed by atoms with Crippen LogP contribution in [0.3, 0.4) is 0 Å². The molecule has 0 aliphatic carbocycles. The fraction of sp³-hybridized carbons (Fsp3) is 0.545. The Bertz CT molecular complexity index is 379. The van der Waals surface area contributed by atoms with E-state index in [2.05, 4.69) is 4.98 Å². The summed E-state index contributed by atoms with van der Waals surface area (Å²) in [5.41, 5.74) is 4.47. The van der Waals surface area contributed by atoms with Crippen LogP contribution in [0, 0.1) is 0 Å². The minimum absolute atomic E-state index is 0.0849. The molecule has 0 spiro atoms. The molecule has 0 aliphatic rings. The van der Waals surface area contributed by atoms with E-state index in [1.165, 1.54) is 0 Å². The second-order valence-corrected chi connectivity index (χ2v) is 3.83. The topological polar surface area (TPSA) is 48.1 Å². The van der Waals surface area contributed by atoms with E-state index in [0.29, 0.717) is 0 Å². The maximum Gasteiger partial charge on any atom is 0.416 e. The van der Waals surface area contributed by atoms with Crippen LogP contribution in [-0.2, 0) is 6.18 Å². The standard InChI is InChI=1S/C11H15F3N2O/c1-3-4-7(2)17-10-6-8(11(12,13)14)5-9(15)16-10/h5-7H,3-4H2,1-2H3,(H2,15,16). The number of nitrogen functional groups attached to an aromatic ring is 1. The number of aromatic nitrogens is 1. The summed E-state index contributed by atoms with van der Waals surface area (Å²) in [4.78, 5) is 3.73. The molecular weight excluding hydrogens is 233 g/mol. The summed E-state index contributed by atoms with van der Waals surface area (Å²) in [5.74, 6) is -0.281. The second kappa shape index (κ2) is 5.25. The van der Waals surface area contributed by atoms with Crippen LogP contribution in [0.4, 0.5) is 19.0 Å². The van der Waals surface area contributed by atoms with E-state index in [0.717, 1.165) is 25.0 Å². The van der Waals surface area contributed by atoms with Gasteiger partial charge in [-0.15, -0.1) is 0 Å². The van der Waals surface area contributed by atoms with Crippen molar-refractivity contribution in [1.29, 1.82) is 0 Å². The number of pyridine rings is 1. The lowest BCUT2D eigenvalue weighted by Crippen LogP contribution is -2.14. The van der Waals surface area contributed by atoms with Gasteiger partial charge in [-0.2, -0.15) is 18.2 Å². The van der Waals surface area contributed by atoms with Gasteiger partial charge in [0.25, 0.3) is 0 Å². The zero-order chi connectivity index (χ0) is 13.1. The minimum Gasteiger partial charge on any atom is -0.475 e. The summed E-state index contributed by atoms with van der Waals surface area (Å²) in [5, 5.41) is 0. The molecule has 17 heavy (non-hydrogen) atoms. The second-order valence-electron chi connectivity index (χ2n) is 3.83. The number of nitrogens with two attached hydrogens (primary N) is 1. The third-order valence-corrected chi connectivity index (χ3v) is 2.17. The summed E-state index contributed by atoms with van der Waals surface area (Å²) in [6.45, 7) is 3.75. The highest BCUT2D eigenvalue weighted by Crippen LogP contribution is 2.32. The Morgan fingerprint density at radius 2 is 2.06 bits per heavy atom. The SMILES string of the molecule is CCCC(C)Oc1cc(C(F)(F)F)cc(N)n1. The smallest absolute Gasteiger partial charge is 0.416 e. The number of nitrogens with zero attached hydrogens (tertiary/aromatic N) is 1. The van der Waals surface area contributed by atoms with Crippen LogP contribution in [0.1, 0.15) is 32.3 Å². The molecule has 1 heterocycles. The van der Waals surface area contributed by atoms with E-state index >= 15 is 0 Å². The minimum atomic E-state index is -4.44.